The Morgan fingerprint density at radius 1 is 1.11 bits per heavy atom. The smallest absolute Gasteiger partial charge is 0.266 e. The monoisotopic (exact) mass is 547 g/mol. The third-order valence-corrected chi connectivity index (χ3v) is 9.55. The third kappa shape index (κ3) is 5.31. The van der Waals surface area contributed by atoms with Crippen LogP contribution in [0, 0.1) is 13.8 Å². The number of benzene rings is 2. The van der Waals surface area contributed by atoms with Crippen LogP contribution >= 0.6 is 22.9 Å². The van der Waals surface area contributed by atoms with Crippen LogP contribution in [-0.2, 0) is 6.54 Å². The van der Waals surface area contributed by atoms with Crippen molar-refractivity contribution < 1.29 is 9.53 Å². The van der Waals surface area contributed by atoms with E-state index in [2.05, 4.69) is 35.4 Å². The van der Waals surface area contributed by atoms with Gasteiger partial charge in [0.05, 0.1) is 12.1 Å². The van der Waals surface area contributed by atoms with Crippen LogP contribution in [0.15, 0.2) is 54.7 Å². The molecule has 5 nitrogen and oxygen atoms in total. The van der Waals surface area contributed by atoms with E-state index in [0.717, 1.165) is 69.5 Å². The highest BCUT2D eigenvalue weighted by Crippen LogP contribution is 2.39. The van der Waals surface area contributed by atoms with E-state index in [9.17, 15) is 4.79 Å². The number of aryl methyl sites for hydroxylation is 2. The molecule has 0 bridgehead atoms. The molecule has 1 aliphatic carbocycles. The standard InChI is InChI=1S/C31H34ClN3O2S/c1-19-6-5-7-26-28(32)30(38-29(19)26)31(36)35(25-13-11-24(33-3)12-14-25)18-23-16-21(10-15-27(23)37-4)22-9-8-20(2)34-17-22/h5-10,15-17,24-25,33H,11-14,18H2,1-4H3. The number of pyridine rings is 1. The van der Waals surface area contributed by atoms with Gasteiger partial charge in [0, 0.05) is 51.7 Å². The van der Waals surface area contributed by atoms with E-state index >= 15 is 0 Å². The highest BCUT2D eigenvalue weighted by Gasteiger charge is 2.32. The average Bonchev–Trinajstić information content (AvgIpc) is 3.29. The second kappa shape index (κ2) is 11.4. The number of hydrogen-bond acceptors (Lipinski definition) is 5. The Hall–Kier alpha value is -2.93. The number of fused-ring (bicyclic) bond motifs is 1. The molecule has 5 rings (SSSR count). The molecule has 1 saturated carbocycles. The summed E-state index contributed by atoms with van der Waals surface area (Å²) >= 11 is 8.36. The fraction of sp³-hybridized carbons (Fsp3) is 0.355. The van der Waals surface area contributed by atoms with Gasteiger partial charge in [-0.25, -0.2) is 0 Å². The Balaban J connectivity index is 1.54. The van der Waals surface area contributed by atoms with Crippen LogP contribution in [-0.4, -0.2) is 42.0 Å². The van der Waals surface area contributed by atoms with E-state index in [1.165, 1.54) is 11.3 Å². The number of aromatic nitrogens is 1. The predicted molar refractivity (Wildman–Crippen MR) is 158 cm³/mol. The maximum absolute atomic E-state index is 14.3. The molecule has 0 radical (unpaired) electrons. The molecule has 0 saturated heterocycles. The van der Waals surface area contributed by atoms with Crippen molar-refractivity contribution in [2.75, 3.05) is 14.2 Å². The molecule has 0 atom stereocenters. The Kier molecular flexibility index (Phi) is 8.03. The minimum Gasteiger partial charge on any atom is -0.496 e. The van der Waals surface area contributed by atoms with Crippen molar-refractivity contribution in [3.05, 3.63) is 81.4 Å². The number of carbonyl (C=O) groups is 1. The van der Waals surface area contributed by atoms with Gasteiger partial charge in [-0.15, -0.1) is 11.3 Å². The molecule has 0 unspecified atom stereocenters. The van der Waals surface area contributed by atoms with Crippen molar-refractivity contribution in [1.29, 1.82) is 0 Å². The van der Waals surface area contributed by atoms with Crippen LogP contribution in [0.1, 0.15) is 52.2 Å². The normalized spacial score (nSPS) is 17.5. The fourth-order valence-electron chi connectivity index (χ4n) is 5.44. The van der Waals surface area contributed by atoms with E-state index in [4.69, 9.17) is 16.3 Å². The first kappa shape index (κ1) is 26.7. The van der Waals surface area contributed by atoms with Gasteiger partial charge in [0.15, 0.2) is 0 Å². The molecule has 198 valence electrons. The van der Waals surface area contributed by atoms with Crippen LogP contribution < -0.4 is 10.1 Å². The lowest BCUT2D eigenvalue weighted by molar-refractivity contribution is 0.0604. The molecule has 2 aromatic heterocycles. The van der Waals surface area contributed by atoms with E-state index in [-0.39, 0.29) is 11.9 Å². The van der Waals surface area contributed by atoms with Crippen molar-refractivity contribution in [2.45, 2.75) is 58.2 Å². The molecule has 1 N–H and O–H groups in total. The number of hydrogen-bond donors (Lipinski definition) is 1. The Bertz CT molecular complexity index is 1440. The van der Waals surface area contributed by atoms with E-state index in [1.54, 1.807) is 7.11 Å². The zero-order valence-corrected chi connectivity index (χ0v) is 24.0. The summed E-state index contributed by atoms with van der Waals surface area (Å²) in [4.78, 5) is 21.4. The van der Waals surface area contributed by atoms with Crippen molar-refractivity contribution >= 4 is 38.9 Å². The second-order valence-electron chi connectivity index (χ2n) is 10.1. The topological polar surface area (TPSA) is 54.5 Å². The number of thiophene rings is 1. The zero-order valence-electron chi connectivity index (χ0n) is 22.4. The summed E-state index contributed by atoms with van der Waals surface area (Å²) in [6, 6.07) is 16.9. The number of nitrogens with zero attached hydrogens (tertiary/aromatic N) is 2. The Morgan fingerprint density at radius 3 is 2.53 bits per heavy atom. The van der Waals surface area contributed by atoms with Crippen molar-refractivity contribution in [2.24, 2.45) is 0 Å². The van der Waals surface area contributed by atoms with Crippen LogP contribution in [0.2, 0.25) is 5.02 Å². The van der Waals surface area contributed by atoms with Crippen molar-refractivity contribution in [3.8, 4) is 16.9 Å². The minimum atomic E-state index is -0.00651. The fourth-order valence-corrected chi connectivity index (χ4v) is 6.97. The number of carbonyl (C=O) groups excluding carboxylic acids is 1. The number of nitrogens with one attached hydrogen (secondary N) is 1. The van der Waals surface area contributed by atoms with Crippen molar-refractivity contribution in [3.63, 3.8) is 0 Å². The third-order valence-electron chi connectivity index (χ3n) is 7.72. The lowest BCUT2D eigenvalue weighted by Crippen LogP contribution is -2.44. The van der Waals surface area contributed by atoms with Crippen LogP contribution in [0.5, 0.6) is 5.75 Å². The van der Waals surface area contributed by atoms with Gasteiger partial charge in [-0.2, -0.15) is 0 Å². The van der Waals surface area contributed by atoms with Gasteiger partial charge in [0.2, 0.25) is 0 Å². The molecule has 2 heterocycles. The van der Waals surface area contributed by atoms with Crippen LogP contribution in [0.3, 0.4) is 0 Å². The van der Waals surface area contributed by atoms with Gasteiger partial charge in [0.25, 0.3) is 5.91 Å². The summed E-state index contributed by atoms with van der Waals surface area (Å²) in [7, 11) is 3.70. The number of amides is 1. The summed E-state index contributed by atoms with van der Waals surface area (Å²) in [5.74, 6) is 0.766. The van der Waals surface area contributed by atoms with Gasteiger partial charge in [-0.3, -0.25) is 9.78 Å². The summed E-state index contributed by atoms with van der Waals surface area (Å²) < 4.78 is 6.84. The largest absolute Gasteiger partial charge is 0.496 e. The van der Waals surface area contributed by atoms with Crippen LogP contribution in [0.4, 0.5) is 0 Å². The zero-order chi connectivity index (χ0) is 26.8. The molecule has 38 heavy (non-hydrogen) atoms. The number of rotatable bonds is 7. The van der Waals surface area contributed by atoms with E-state index < -0.39 is 0 Å². The molecule has 7 heteroatoms. The minimum absolute atomic E-state index is 0.00651. The number of ether oxygens (including phenoxy) is 1. The first-order chi connectivity index (χ1) is 18.4. The maximum Gasteiger partial charge on any atom is 0.266 e. The Labute approximate surface area is 233 Å². The first-order valence-corrected chi connectivity index (χ1v) is 14.3. The van der Waals surface area contributed by atoms with Gasteiger partial charge in [-0.05, 0) is 75.9 Å². The molecule has 1 aliphatic rings. The molecule has 1 fully saturated rings. The summed E-state index contributed by atoms with van der Waals surface area (Å²) in [6.07, 6.45) is 5.86. The summed E-state index contributed by atoms with van der Waals surface area (Å²) in [6.45, 7) is 4.50. The van der Waals surface area contributed by atoms with Gasteiger partial charge < -0.3 is 15.0 Å². The number of methoxy groups -OCH3 is 1. The molecular weight excluding hydrogens is 514 g/mol. The lowest BCUT2D eigenvalue weighted by Gasteiger charge is -2.37. The van der Waals surface area contributed by atoms with Gasteiger partial charge in [0.1, 0.15) is 10.6 Å². The number of halogens is 1. The predicted octanol–water partition coefficient (Wildman–Crippen LogP) is 7.42. The lowest BCUT2D eigenvalue weighted by atomic mass is 9.89. The van der Waals surface area contributed by atoms with Crippen molar-refractivity contribution in [1.82, 2.24) is 15.2 Å². The Morgan fingerprint density at radius 2 is 1.87 bits per heavy atom. The van der Waals surface area contributed by atoms with E-state index in [1.807, 2.05) is 55.4 Å². The first-order valence-electron chi connectivity index (χ1n) is 13.2. The molecule has 0 spiro atoms. The van der Waals surface area contributed by atoms with Gasteiger partial charge >= 0.3 is 0 Å². The molecule has 2 aromatic carbocycles. The van der Waals surface area contributed by atoms with Crippen LogP contribution in [0.25, 0.3) is 21.2 Å². The average molecular weight is 548 g/mol. The second-order valence-corrected chi connectivity index (χ2v) is 11.5. The summed E-state index contributed by atoms with van der Waals surface area (Å²) in [5.41, 5.74) is 5.18. The highest BCUT2D eigenvalue weighted by molar-refractivity contribution is 7.21. The highest BCUT2D eigenvalue weighted by atomic mass is 35.5. The molecule has 0 aliphatic heterocycles. The molecular formula is C31H34ClN3O2S. The molecule has 1 amide bonds. The van der Waals surface area contributed by atoms with Gasteiger partial charge in [-0.1, -0.05) is 41.9 Å². The quantitative estimate of drug-likeness (QED) is 0.261. The summed E-state index contributed by atoms with van der Waals surface area (Å²) in [5, 5.41) is 4.91. The maximum atomic E-state index is 14.3. The van der Waals surface area contributed by atoms with E-state index in [0.29, 0.717) is 22.5 Å². The SMILES string of the molecule is CNC1CCC(N(Cc2cc(-c3ccc(C)nc3)ccc2OC)C(=O)c2sc3c(C)cccc3c2Cl)CC1. The molecule has 4 aromatic rings.